The molecule has 1 unspecified atom stereocenters. The van der Waals surface area contributed by atoms with Gasteiger partial charge in [0.2, 0.25) is 0 Å². The van der Waals surface area contributed by atoms with Crippen LogP contribution in [0.5, 0.6) is 11.5 Å². The fraction of sp³-hybridized carbons (Fsp3) is 0.375. The smallest absolute Gasteiger partial charge is 0.178 e. The molecule has 5 aromatic rings. The van der Waals surface area contributed by atoms with Gasteiger partial charge in [0.25, 0.3) is 0 Å². The van der Waals surface area contributed by atoms with Crippen LogP contribution in [0.25, 0.3) is 28.0 Å². The van der Waals surface area contributed by atoms with Crippen LogP contribution >= 0.6 is 0 Å². The van der Waals surface area contributed by atoms with Gasteiger partial charge in [-0.3, -0.25) is 0 Å². The van der Waals surface area contributed by atoms with Crippen molar-refractivity contribution in [3.8, 4) is 22.6 Å². The molecule has 1 aliphatic carbocycles. The van der Waals surface area contributed by atoms with Gasteiger partial charge in [0.15, 0.2) is 5.60 Å². The molecule has 1 heterocycles. The van der Waals surface area contributed by atoms with Crippen molar-refractivity contribution < 1.29 is 9.47 Å². The van der Waals surface area contributed by atoms with Gasteiger partial charge in [0.1, 0.15) is 11.5 Å². The lowest BCUT2D eigenvalue weighted by atomic mass is 9.76. The Balaban J connectivity index is 1.38. The largest absolute Gasteiger partial charge is 0.494 e. The first kappa shape index (κ1) is 34.9. The second kappa shape index (κ2) is 14.3. The van der Waals surface area contributed by atoms with Crippen molar-refractivity contribution in [1.29, 1.82) is 0 Å². The number of aryl methyl sites for hydroxylation is 2. The minimum Gasteiger partial charge on any atom is -0.494 e. The third kappa shape index (κ3) is 6.13. The molecule has 0 saturated carbocycles. The molecular formula is C48H55NO2. The Hall–Kier alpha value is -4.50. The van der Waals surface area contributed by atoms with E-state index in [1.807, 2.05) is 0 Å². The van der Waals surface area contributed by atoms with Crippen molar-refractivity contribution >= 4 is 22.5 Å². The SMILES string of the molecule is CCCCCCOc1ccc(C2(c3ccc(N(CCC)CCC)cc3)C=Cc3c4c(c5ccccc5c3O2)-c2cc(C)cc(C)c2C4(C)C)cc1. The minimum absolute atomic E-state index is 0.177. The Bertz CT molecular complexity index is 2050. The number of fused-ring (bicyclic) bond motifs is 8. The monoisotopic (exact) mass is 677 g/mol. The van der Waals surface area contributed by atoms with Crippen LogP contribution in [-0.2, 0) is 11.0 Å². The lowest BCUT2D eigenvalue weighted by molar-refractivity contribution is 0.163. The van der Waals surface area contributed by atoms with E-state index in [9.17, 15) is 0 Å². The van der Waals surface area contributed by atoms with Crippen molar-refractivity contribution in [3.63, 3.8) is 0 Å². The molecule has 7 rings (SSSR count). The number of nitrogens with zero attached hydrogens (tertiary/aromatic N) is 1. The van der Waals surface area contributed by atoms with E-state index in [1.54, 1.807) is 0 Å². The second-order valence-electron chi connectivity index (χ2n) is 15.3. The van der Waals surface area contributed by atoms with E-state index in [1.165, 1.54) is 69.3 Å². The highest BCUT2D eigenvalue weighted by atomic mass is 16.5. The fourth-order valence-electron chi connectivity index (χ4n) is 8.96. The number of rotatable bonds is 13. The Labute approximate surface area is 306 Å². The van der Waals surface area contributed by atoms with Crippen LogP contribution in [0.1, 0.15) is 112 Å². The van der Waals surface area contributed by atoms with Crippen LogP contribution in [0.2, 0.25) is 0 Å². The van der Waals surface area contributed by atoms with Gasteiger partial charge in [-0.1, -0.05) is 126 Å². The summed E-state index contributed by atoms with van der Waals surface area (Å²) in [4.78, 5) is 2.50. The molecule has 0 N–H and O–H groups in total. The molecular weight excluding hydrogens is 623 g/mol. The summed E-state index contributed by atoms with van der Waals surface area (Å²) in [6.45, 7) is 18.9. The molecule has 0 aromatic heterocycles. The maximum atomic E-state index is 7.60. The quantitative estimate of drug-likeness (QED) is 0.116. The zero-order valence-electron chi connectivity index (χ0n) is 31.9. The summed E-state index contributed by atoms with van der Waals surface area (Å²) in [7, 11) is 0. The summed E-state index contributed by atoms with van der Waals surface area (Å²) < 4.78 is 13.8. The zero-order chi connectivity index (χ0) is 35.8. The molecule has 3 heteroatoms. The van der Waals surface area contributed by atoms with Crippen LogP contribution in [-0.4, -0.2) is 19.7 Å². The third-order valence-electron chi connectivity index (χ3n) is 11.2. The number of benzene rings is 5. The van der Waals surface area contributed by atoms with E-state index in [2.05, 4.69) is 150 Å². The van der Waals surface area contributed by atoms with Gasteiger partial charge in [-0.2, -0.15) is 0 Å². The predicted molar refractivity (Wildman–Crippen MR) is 217 cm³/mol. The normalized spacial score (nSPS) is 16.8. The van der Waals surface area contributed by atoms with E-state index in [0.29, 0.717) is 0 Å². The number of anilines is 1. The minimum atomic E-state index is -0.815. The Morgan fingerprint density at radius 2 is 1.37 bits per heavy atom. The average molecular weight is 678 g/mol. The molecule has 0 radical (unpaired) electrons. The van der Waals surface area contributed by atoms with E-state index < -0.39 is 5.60 Å². The Kier molecular flexibility index (Phi) is 9.76. The fourth-order valence-corrected chi connectivity index (χ4v) is 8.96. The lowest BCUT2D eigenvalue weighted by Gasteiger charge is -2.38. The molecule has 0 fully saturated rings. The van der Waals surface area contributed by atoms with Gasteiger partial charge >= 0.3 is 0 Å². The van der Waals surface area contributed by atoms with Gasteiger partial charge in [-0.25, -0.2) is 0 Å². The second-order valence-corrected chi connectivity index (χ2v) is 15.3. The standard InChI is InChI=1S/C48H55NO2/c1-8-11-12-15-30-50-38-24-20-36(21-25-38)48(35-18-22-37(23-19-35)49(28-9-2)29-10-3)27-26-41-45-43(39-16-13-14-17-40(39)46(41)51-48)42-32-33(4)31-34(5)44(42)47(45,6)7/h13-14,16-27,31-32H,8-12,15,28-30H2,1-7H3. The Morgan fingerprint density at radius 3 is 2.04 bits per heavy atom. The molecule has 5 aromatic carbocycles. The van der Waals surface area contributed by atoms with Gasteiger partial charge in [0.05, 0.1) is 6.61 Å². The molecule has 0 bridgehead atoms. The summed E-state index contributed by atoms with van der Waals surface area (Å²) in [5, 5.41) is 2.41. The van der Waals surface area contributed by atoms with Crippen molar-refractivity contribution in [1.82, 2.24) is 0 Å². The summed E-state index contributed by atoms with van der Waals surface area (Å²) in [5.74, 6) is 1.87. The van der Waals surface area contributed by atoms with Crippen molar-refractivity contribution in [2.45, 2.75) is 98.0 Å². The molecule has 3 nitrogen and oxygen atoms in total. The zero-order valence-corrected chi connectivity index (χ0v) is 31.9. The number of unbranched alkanes of at least 4 members (excludes halogenated alkanes) is 3. The van der Waals surface area contributed by atoms with Crippen LogP contribution in [0, 0.1) is 13.8 Å². The van der Waals surface area contributed by atoms with Crippen LogP contribution in [0.4, 0.5) is 5.69 Å². The van der Waals surface area contributed by atoms with Crippen molar-refractivity contribution in [2.75, 3.05) is 24.6 Å². The average Bonchev–Trinajstić information content (AvgIpc) is 3.38. The van der Waals surface area contributed by atoms with E-state index in [0.717, 1.165) is 67.0 Å². The molecule has 2 aliphatic rings. The van der Waals surface area contributed by atoms with E-state index in [4.69, 9.17) is 9.47 Å². The Morgan fingerprint density at radius 1 is 0.706 bits per heavy atom. The first-order chi connectivity index (χ1) is 24.7. The molecule has 0 amide bonds. The van der Waals surface area contributed by atoms with Gasteiger partial charge in [-0.15, -0.1) is 0 Å². The summed E-state index contributed by atoms with van der Waals surface area (Å²) in [6.07, 6.45) is 11.7. The molecule has 0 spiro atoms. The summed E-state index contributed by atoms with van der Waals surface area (Å²) in [6, 6.07) is 31.4. The molecule has 1 aliphatic heterocycles. The summed E-state index contributed by atoms with van der Waals surface area (Å²) in [5.41, 5.74) is 11.8. The van der Waals surface area contributed by atoms with E-state index in [-0.39, 0.29) is 5.41 Å². The predicted octanol–water partition coefficient (Wildman–Crippen LogP) is 12.7. The van der Waals surface area contributed by atoms with Crippen molar-refractivity contribution in [3.05, 3.63) is 130 Å². The molecule has 264 valence electrons. The van der Waals surface area contributed by atoms with Crippen LogP contribution in [0.15, 0.2) is 91.0 Å². The van der Waals surface area contributed by atoms with Crippen LogP contribution < -0.4 is 14.4 Å². The maximum absolute atomic E-state index is 7.60. The van der Waals surface area contributed by atoms with Crippen molar-refractivity contribution in [2.24, 2.45) is 0 Å². The maximum Gasteiger partial charge on any atom is 0.178 e. The van der Waals surface area contributed by atoms with E-state index >= 15 is 0 Å². The van der Waals surface area contributed by atoms with Crippen LogP contribution in [0.3, 0.4) is 0 Å². The number of hydrogen-bond donors (Lipinski definition) is 0. The summed E-state index contributed by atoms with van der Waals surface area (Å²) >= 11 is 0. The first-order valence-corrected chi connectivity index (χ1v) is 19.4. The van der Waals surface area contributed by atoms with Gasteiger partial charge in [0, 0.05) is 46.3 Å². The lowest BCUT2D eigenvalue weighted by Crippen LogP contribution is -2.35. The molecule has 1 atom stereocenters. The third-order valence-corrected chi connectivity index (χ3v) is 11.2. The highest BCUT2D eigenvalue weighted by Crippen LogP contribution is 2.59. The van der Waals surface area contributed by atoms with Gasteiger partial charge < -0.3 is 14.4 Å². The number of hydrogen-bond acceptors (Lipinski definition) is 3. The highest BCUT2D eigenvalue weighted by Gasteiger charge is 2.45. The number of ether oxygens (including phenoxy) is 2. The molecule has 51 heavy (non-hydrogen) atoms. The first-order valence-electron chi connectivity index (χ1n) is 19.4. The molecule has 0 saturated heterocycles. The topological polar surface area (TPSA) is 21.7 Å². The highest BCUT2D eigenvalue weighted by molar-refractivity contribution is 6.08. The van der Waals surface area contributed by atoms with Gasteiger partial charge in [-0.05, 0) is 96.7 Å².